The van der Waals surface area contributed by atoms with E-state index in [-0.39, 0.29) is 11.7 Å². The molecule has 1 aromatic heterocycles. The van der Waals surface area contributed by atoms with Crippen LogP contribution in [0.1, 0.15) is 6.42 Å². The number of aromatic nitrogens is 1. The Bertz CT molecular complexity index is 753. The highest BCUT2D eigenvalue weighted by Gasteiger charge is 2.08. The molecular weight excluding hydrogens is 303 g/mol. The van der Waals surface area contributed by atoms with E-state index in [4.69, 9.17) is 4.42 Å². The van der Waals surface area contributed by atoms with Crippen LogP contribution in [-0.2, 0) is 4.79 Å². The van der Waals surface area contributed by atoms with Gasteiger partial charge >= 0.3 is 0 Å². The van der Waals surface area contributed by atoms with Crippen LogP contribution in [0.4, 0.5) is 10.1 Å². The van der Waals surface area contributed by atoms with Crippen molar-refractivity contribution in [1.82, 2.24) is 4.98 Å². The second-order valence-electron chi connectivity index (χ2n) is 4.60. The summed E-state index contributed by atoms with van der Waals surface area (Å²) in [5.74, 6) is 0.0968. The number of para-hydroxylation sites is 2. The molecular formula is C16H13FN2O2S. The molecule has 3 rings (SSSR count). The smallest absolute Gasteiger partial charge is 0.256 e. The molecule has 6 heteroatoms. The summed E-state index contributed by atoms with van der Waals surface area (Å²) in [4.78, 5) is 16.1. The Morgan fingerprint density at radius 2 is 1.95 bits per heavy atom. The van der Waals surface area contributed by atoms with E-state index in [9.17, 15) is 9.18 Å². The Hall–Kier alpha value is -2.34. The number of amides is 1. The lowest BCUT2D eigenvalue weighted by atomic mass is 10.3. The minimum atomic E-state index is -0.329. The zero-order chi connectivity index (χ0) is 15.4. The Labute approximate surface area is 130 Å². The van der Waals surface area contributed by atoms with Gasteiger partial charge in [-0.25, -0.2) is 9.37 Å². The molecule has 1 N–H and O–H groups in total. The number of anilines is 1. The van der Waals surface area contributed by atoms with Crippen LogP contribution in [-0.4, -0.2) is 16.6 Å². The van der Waals surface area contributed by atoms with Gasteiger partial charge in [-0.3, -0.25) is 4.79 Å². The third kappa shape index (κ3) is 3.65. The molecule has 3 aromatic rings. The van der Waals surface area contributed by atoms with Gasteiger partial charge in [0.1, 0.15) is 11.3 Å². The minimum absolute atomic E-state index is 0.129. The Balaban J connectivity index is 1.49. The van der Waals surface area contributed by atoms with Crippen LogP contribution in [0.3, 0.4) is 0 Å². The van der Waals surface area contributed by atoms with Gasteiger partial charge in [0.15, 0.2) is 5.58 Å². The summed E-state index contributed by atoms with van der Waals surface area (Å²) in [6, 6.07) is 13.2. The second-order valence-corrected chi connectivity index (χ2v) is 5.65. The van der Waals surface area contributed by atoms with Crippen molar-refractivity contribution in [3.8, 4) is 0 Å². The highest BCUT2D eigenvalue weighted by atomic mass is 32.2. The molecule has 0 aliphatic heterocycles. The van der Waals surface area contributed by atoms with E-state index in [1.165, 1.54) is 36.0 Å². The van der Waals surface area contributed by atoms with Crippen molar-refractivity contribution >= 4 is 34.5 Å². The molecule has 0 fully saturated rings. The van der Waals surface area contributed by atoms with Crippen LogP contribution < -0.4 is 5.32 Å². The number of nitrogens with one attached hydrogen (secondary N) is 1. The highest BCUT2D eigenvalue weighted by Crippen LogP contribution is 2.23. The Kier molecular flexibility index (Phi) is 4.39. The fourth-order valence-electron chi connectivity index (χ4n) is 1.90. The molecule has 0 atom stereocenters. The predicted octanol–water partition coefficient (Wildman–Crippen LogP) is 4.09. The molecule has 2 aromatic carbocycles. The Morgan fingerprint density at radius 1 is 1.18 bits per heavy atom. The maximum absolute atomic E-state index is 12.8. The van der Waals surface area contributed by atoms with Gasteiger partial charge in [-0.05, 0) is 36.4 Å². The first-order valence-corrected chi connectivity index (χ1v) is 7.73. The number of nitrogens with zero attached hydrogens (tertiary/aromatic N) is 1. The average molecular weight is 316 g/mol. The zero-order valence-electron chi connectivity index (χ0n) is 11.6. The van der Waals surface area contributed by atoms with Crippen molar-refractivity contribution in [3.63, 3.8) is 0 Å². The van der Waals surface area contributed by atoms with Crippen molar-refractivity contribution < 1.29 is 13.6 Å². The molecule has 0 radical (unpaired) electrons. The third-order valence-corrected chi connectivity index (χ3v) is 3.79. The number of rotatable bonds is 5. The van der Waals surface area contributed by atoms with Gasteiger partial charge < -0.3 is 9.73 Å². The maximum atomic E-state index is 12.8. The first-order valence-electron chi connectivity index (χ1n) is 6.74. The van der Waals surface area contributed by atoms with E-state index in [2.05, 4.69) is 10.3 Å². The number of carbonyl (C=O) groups excluding carboxylic acids is 1. The van der Waals surface area contributed by atoms with Gasteiger partial charge in [-0.15, -0.1) is 0 Å². The summed E-state index contributed by atoms with van der Waals surface area (Å²) < 4.78 is 18.3. The van der Waals surface area contributed by atoms with Crippen molar-refractivity contribution in [3.05, 3.63) is 54.3 Å². The Morgan fingerprint density at radius 3 is 2.73 bits per heavy atom. The van der Waals surface area contributed by atoms with Crippen molar-refractivity contribution in [2.24, 2.45) is 0 Å². The summed E-state index contributed by atoms with van der Waals surface area (Å²) in [6.07, 6.45) is 0.320. The fourth-order valence-corrected chi connectivity index (χ4v) is 2.67. The molecule has 0 bridgehead atoms. The molecule has 1 amide bonds. The molecule has 4 nitrogen and oxygen atoms in total. The number of fused-ring (bicyclic) bond motifs is 1. The van der Waals surface area contributed by atoms with Crippen molar-refractivity contribution in [2.75, 3.05) is 11.1 Å². The summed E-state index contributed by atoms with van der Waals surface area (Å²) in [6.45, 7) is 0. The molecule has 22 heavy (non-hydrogen) atoms. The van der Waals surface area contributed by atoms with Crippen LogP contribution >= 0.6 is 11.8 Å². The standard InChI is InChI=1S/C16H13FN2O2S/c17-11-5-7-12(8-6-11)18-15(20)9-10-22-16-19-13-3-1-2-4-14(13)21-16/h1-8H,9-10H2,(H,18,20). The van der Waals surface area contributed by atoms with Crippen molar-refractivity contribution in [1.29, 1.82) is 0 Å². The predicted molar refractivity (Wildman–Crippen MR) is 84.4 cm³/mol. The number of thioether (sulfide) groups is 1. The molecule has 0 saturated carbocycles. The van der Waals surface area contributed by atoms with Crippen LogP contribution in [0.5, 0.6) is 0 Å². The quantitative estimate of drug-likeness (QED) is 0.720. The monoisotopic (exact) mass is 316 g/mol. The molecule has 0 saturated heterocycles. The summed E-state index contributed by atoms with van der Waals surface area (Å²) in [5, 5.41) is 3.26. The lowest BCUT2D eigenvalue weighted by molar-refractivity contribution is -0.115. The van der Waals surface area contributed by atoms with Gasteiger partial charge in [0.2, 0.25) is 5.91 Å². The van der Waals surface area contributed by atoms with E-state index < -0.39 is 0 Å². The molecule has 0 aliphatic carbocycles. The van der Waals surface area contributed by atoms with Crippen LogP contribution in [0.2, 0.25) is 0 Å². The number of halogens is 1. The van der Waals surface area contributed by atoms with E-state index in [1.54, 1.807) is 0 Å². The molecule has 0 spiro atoms. The summed E-state index contributed by atoms with van der Waals surface area (Å²) >= 11 is 1.39. The SMILES string of the molecule is O=C(CCSc1nc2ccccc2o1)Nc1ccc(F)cc1. The van der Waals surface area contributed by atoms with E-state index in [1.807, 2.05) is 24.3 Å². The number of hydrogen-bond acceptors (Lipinski definition) is 4. The second kappa shape index (κ2) is 6.62. The topological polar surface area (TPSA) is 55.1 Å². The minimum Gasteiger partial charge on any atom is -0.431 e. The third-order valence-electron chi connectivity index (χ3n) is 2.96. The first-order chi connectivity index (χ1) is 10.7. The molecule has 112 valence electrons. The van der Waals surface area contributed by atoms with Gasteiger partial charge in [0.25, 0.3) is 5.22 Å². The number of oxazole rings is 1. The maximum Gasteiger partial charge on any atom is 0.256 e. The van der Waals surface area contributed by atoms with Gasteiger partial charge in [0, 0.05) is 17.9 Å². The molecule has 1 heterocycles. The molecule has 0 unspecified atom stereocenters. The fraction of sp³-hybridized carbons (Fsp3) is 0.125. The van der Waals surface area contributed by atoms with Gasteiger partial charge in [0.05, 0.1) is 0 Å². The number of benzene rings is 2. The molecule has 0 aliphatic rings. The van der Waals surface area contributed by atoms with Crippen molar-refractivity contribution in [2.45, 2.75) is 11.6 Å². The van der Waals surface area contributed by atoms with E-state index in [0.29, 0.717) is 23.1 Å². The van der Waals surface area contributed by atoms with Crippen LogP contribution in [0.25, 0.3) is 11.1 Å². The number of hydrogen-bond donors (Lipinski definition) is 1. The zero-order valence-corrected chi connectivity index (χ0v) is 12.4. The number of carbonyl (C=O) groups is 1. The summed E-state index contributed by atoms with van der Waals surface area (Å²) in [7, 11) is 0. The van der Waals surface area contributed by atoms with Crippen LogP contribution in [0, 0.1) is 5.82 Å². The largest absolute Gasteiger partial charge is 0.431 e. The van der Waals surface area contributed by atoms with Crippen LogP contribution in [0.15, 0.2) is 58.2 Å². The van der Waals surface area contributed by atoms with Gasteiger partial charge in [-0.1, -0.05) is 23.9 Å². The average Bonchev–Trinajstić information content (AvgIpc) is 2.92. The summed E-state index contributed by atoms with van der Waals surface area (Å²) in [5.41, 5.74) is 2.12. The van der Waals surface area contributed by atoms with E-state index in [0.717, 1.165) is 11.1 Å². The normalized spacial score (nSPS) is 10.8. The first kappa shape index (κ1) is 14.6. The highest BCUT2D eigenvalue weighted by molar-refractivity contribution is 7.99. The lowest BCUT2D eigenvalue weighted by Crippen LogP contribution is -2.12. The van der Waals surface area contributed by atoms with Gasteiger partial charge in [-0.2, -0.15) is 0 Å². The van der Waals surface area contributed by atoms with E-state index >= 15 is 0 Å². The lowest BCUT2D eigenvalue weighted by Gasteiger charge is -2.04.